The fourth-order valence-corrected chi connectivity index (χ4v) is 4.55. The van der Waals surface area contributed by atoms with Crippen LogP contribution in [0.15, 0.2) is 80.8 Å². The van der Waals surface area contributed by atoms with Crippen LogP contribution in [-0.2, 0) is 20.2 Å². The first kappa shape index (κ1) is 20.8. The van der Waals surface area contributed by atoms with Gasteiger partial charge in [0, 0.05) is 22.4 Å². The molecule has 0 unspecified atom stereocenters. The summed E-state index contributed by atoms with van der Waals surface area (Å²) in [6, 6.07) is 12.5. The number of phenolic OH excluding ortho intramolecular Hbond substituents is 1. The van der Waals surface area contributed by atoms with Gasteiger partial charge in [-0.1, -0.05) is 24.3 Å². The highest BCUT2D eigenvalue weighted by Crippen LogP contribution is 2.39. The maximum atomic E-state index is 11.8. The standard InChI is InChI=1S/C19H13N3O7S2/c23-19-15(10-17(31(27,28)29)13-6-3-9-20-18(13)19)22-21-14-7-8-16(30(24,25)26)12-5-2-1-4-11(12)14/h1-10,23H,(H,24,25,26)(H,27,28,29). The second-order valence-corrected chi connectivity index (χ2v) is 9.20. The Labute approximate surface area is 176 Å². The molecule has 0 aliphatic heterocycles. The minimum Gasteiger partial charge on any atom is -0.504 e. The number of hydrogen-bond acceptors (Lipinski definition) is 8. The van der Waals surface area contributed by atoms with Crippen LogP contribution in [0.2, 0.25) is 0 Å². The van der Waals surface area contributed by atoms with Gasteiger partial charge in [0.15, 0.2) is 5.75 Å². The molecule has 0 radical (unpaired) electrons. The Hall–Kier alpha value is -3.45. The Bertz CT molecular complexity index is 1600. The molecule has 4 rings (SSSR count). The van der Waals surface area contributed by atoms with E-state index in [9.17, 15) is 31.0 Å². The van der Waals surface area contributed by atoms with Gasteiger partial charge in [-0.05, 0) is 30.3 Å². The summed E-state index contributed by atoms with van der Waals surface area (Å²) >= 11 is 0. The quantitative estimate of drug-likeness (QED) is 0.304. The van der Waals surface area contributed by atoms with Crippen LogP contribution in [0.3, 0.4) is 0 Å². The zero-order valence-electron chi connectivity index (χ0n) is 15.4. The summed E-state index contributed by atoms with van der Waals surface area (Å²) in [4.78, 5) is 3.12. The van der Waals surface area contributed by atoms with Crippen LogP contribution in [0.5, 0.6) is 5.75 Å². The molecule has 10 nitrogen and oxygen atoms in total. The van der Waals surface area contributed by atoms with Gasteiger partial charge < -0.3 is 5.11 Å². The zero-order valence-corrected chi connectivity index (χ0v) is 17.0. The number of rotatable bonds is 4. The number of fused-ring (bicyclic) bond motifs is 2. The molecule has 1 heterocycles. The molecule has 0 atom stereocenters. The number of nitrogens with zero attached hydrogens (tertiary/aromatic N) is 3. The zero-order chi connectivity index (χ0) is 22.4. The molecule has 0 amide bonds. The van der Waals surface area contributed by atoms with E-state index >= 15 is 0 Å². The second-order valence-electron chi connectivity index (χ2n) is 6.42. The third kappa shape index (κ3) is 3.84. The fourth-order valence-electron chi connectivity index (χ4n) is 3.15. The van der Waals surface area contributed by atoms with Gasteiger partial charge in [0.2, 0.25) is 0 Å². The van der Waals surface area contributed by atoms with Crippen molar-refractivity contribution in [1.29, 1.82) is 0 Å². The van der Waals surface area contributed by atoms with Crippen LogP contribution in [-0.4, -0.2) is 36.0 Å². The van der Waals surface area contributed by atoms with Crippen molar-refractivity contribution in [1.82, 2.24) is 4.98 Å². The fraction of sp³-hybridized carbons (Fsp3) is 0. The summed E-state index contributed by atoms with van der Waals surface area (Å²) in [6.45, 7) is 0. The first-order valence-corrected chi connectivity index (χ1v) is 11.4. The summed E-state index contributed by atoms with van der Waals surface area (Å²) in [5.41, 5.74) is -0.183. The Kier molecular flexibility index (Phi) is 4.94. The molecule has 3 N–H and O–H groups in total. The third-order valence-electron chi connectivity index (χ3n) is 4.49. The molecule has 0 bridgehead atoms. The summed E-state index contributed by atoms with van der Waals surface area (Å²) in [7, 11) is -9.14. The van der Waals surface area contributed by atoms with Crippen LogP contribution >= 0.6 is 0 Å². The highest BCUT2D eigenvalue weighted by atomic mass is 32.2. The van der Waals surface area contributed by atoms with Crippen LogP contribution in [0, 0.1) is 0 Å². The average Bonchev–Trinajstić information content (AvgIpc) is 2.71. The molecule has 3 aromatic carbocycles. The smallest absolute Gasteiger partial charge is 0.295 e. The Morgan fingerprint density at radius 2 is 1.32 bits per heavy atom. The topological polar surface area (TPSA) is 167 Å². The maximum Gasteiger partial charge on any atom is 0.295 e. The van der Waals surface area contributed by atoms with Gasteiger partial charge in [0.25, 0.3) is 20.2 Å². The monoisotopic (exact) mass is 459 g/mol. The molecule has 12 heteroatoms. The number of azo groups is 1. The van der Waals surface area contributed by atoms with E-state index in [1.54, 1.807) is 18.2 Å². The molecule has 0 saturated heterocycles. The molecular weight excluding hydrogens is 446 g/mol. The largest absolute Gasteiger partial charge is 0.504 e. The predicted molar refractivity (Wildman–Crippen MR) is 111 cm³/mol. The molecule has 4 aromatic rings. The molecule has 1 aromatic heterocycles. The lowest BCUT2D eigenvalue weighted by Crippen LogP contribution is -1.99. The van der Waals surface area contributed by atoms with E-state index in [0.717, 1.165) is 12.1 Å². The van der Waals surface area contributed by atoms with Crippen LogP contribution in [0.25, 0.3) is 21.7 Å². The lowest BCUT2D eigenvalue weighted by molar-refractivity contribution is 0.478. The van der Waals surface area contributed by atoms with E-state index in [2.05, 4.69) is 15.2 Å². The SMILES string of the molecule is O=S(=O)(O)c1ccc(N=Nc2cc(S(=O)(=O)O)c3cccnc3c2O)c2ccccc12. The number of pyridine rings is 1. The number of aromatic hydroxyl groups is 1. The van der Waals surface area contributed by atoms with Gasteiger partial charge in [-0.25, -0.2) is 0 Å². The molecule has 31 heavy (non-hydrogen) atoms. The molecule has 158 valence electrons. The maximum absolute atomic E-state index is 11.8. The number of aromatic nitrogens is 1. The first-order chi connectivity index (χ1) is 14.6. The summed E-state index contributed by atoms with van der Waals surface area (Å²) in [5, 5.41) is 18.9. The summed E-state index contributed by atoms with van der Waals surface area (Å²) in [6.07, 6.45) is 1.33. The van der Waals surface area contributed by atoms with E-state index in [4.69, 9.17) is 0 Å². The van der Waals surface area contributed by atoms with E-state index in [-0.39, 0.29) is 32.6 Å². The lowest BCUT2D eigenvalue weighted by Gasteiger charge is -2.08. The molecule has 0 spiro atoms. The van der Waals surface area contributed by atoms with Crippen molar-refractivity contribution in [2.45, 2.75) is 9.79 Å². The predicted octanol–water partition coefficient (Wildman–Crippen LogP) is 4.00. The van der Waals surface area contributed by atoms with Crippen molar-refractivity contribution >= 4 is 53.3 Å². The van der Waals surface area contributed by atoms with E-state index < -0.39 is 30.9 Å². The van der Waals surface area contributed by atoms with Gasteiger partial charge >= 0.3 is 0 Å². The van der Waals surface area contributed by atoms with Gasteiger partial charge in [0.1, 0.15) is 21.0 Å². The van der Waals surface area contributed by atoms with Crippen LogP contribution in [0.1, 0.15) is 0 Å². The van der Waals surface area contributed by atoms with Gasteiger partial charge in [-0.2, -0.15) is 16.8 Å². The van der Waals surface area contributed by atoms with E-state index in [1.165, 1.54) is 30.5 Å². The van der Waals surface area contributed by atoms with Crippen molar-refractivity contribution in [2.75, 3.05) is 0 Å². The second kappa shape index (κ2) is 7.35. The number of benzene rings is 3. The highest BCUT2D eigenvalue weighted by Gasteiger charge is 2.20. The molecule has 0 aliphatic rings. The van der Waals surface area contributed by atoms with E-state index in [1.807, 2.05) is 0 Å². The van der Waals surface area contributed by atoms with Crippen molar-refractivity contribution < 1.29 is 31.0 Å². The van der Waals surface area contributed by atoms with Gasteiger partial charge in [-0.15, -0.1) is 10.2 Å². The third-order valence-corrected chi connectivity index (χ3v) is 6.30. The molecule has 0 aliphatic carbocycles. The molecular formula is C19H13N3O7S2. The first-order valence-electron chi connectivity index (χ1n) is 8.56. The number of phenols is 1. The van der Waals surface area contributed by atoms with Crippen molar-refractivity contribution in [3.63, 3.8) is 0 Å². The van der Waals surface area contributed by atoms with Crippen LogP contribution in [0.4, 0.5) is 11.4 Å². The van der Waals surface area contributed by atoms with Gasteiger partial charge in [-0.3, -0.25) is 14.1 Å². The van der Waals surface area contributed by atoms with Crippen molar-refractivity contribution in [2.24, 2.45) is 10.2 Å². The number of hydrogen-bond donors (Lipinski definition) is 3. The van der Waals surface area contributed by atoms with Crippen LogP contribution < -0.4 is 0 Å². The van der Waals surface area contributed by atoms with E-state index in [0.29, 0.717) is 5.39 Å². The minimum atomic E-state index is -4.66. The Balaban J connectivity index is 1.93. The average molecular weight is 459 g/mol. The summed E-state index contributed by atoms with van der Waals surface area (Å²) < 4.78 is 65.8. The minimum absolute atomic E-state index is 0.00408. The Morgan fingerprint density at radius 3 is 2.00 bits per heavy atom. The summed E-state index contributed by atoms with van der Waals surface area (Å²) in [5.74, 6) is -0.453. The van der Waals surface area contributed by atoms with Crippen molar-refractivity contribution in [3.05, 3.63) is 60.8 Å². The molecule has 0 saturated carbocycles. The Morgan fingerprint density at radius 1 is 0.710 bits per heavy atom. The van der Waals surface area contributed by atoms with Gasteiger partial charge in [0.05, 0.1) is 5.69 Å². The lowest BCUT2D eigenvalue weighted by atomic mass is 10.1. The highest BCUT2D eigenvalue weighted by molar-refractivity contribution is 7.86. The molecule has 0 fully saturated rings. The normalized spacial score (nSPS) is 12.7. The van der Waals surface area contributed by atoms with Crippen molar-refractivity contribution in [3.8, 4) is 5.75 Å².